The third-order valence-corrected chi connectivity index (χ3v) is 1.56. The molecule has 0 aromatic carbocycles. The molecule has 5 heteroatoms. The summed E-state index contributed by atoms with van der Waals surface area (Å²) in [5, 5.41) is 6.09. The maximum atomic E-state index is 11.2. The van der Waals surface area contributed by atoms with Gasteiger partial charge in [-0.05, 0) is 13.8 Å². The van der Waals surface area contributed by atoms with E-state index in [1.165, 1.54) is 4.90 Å². The van der Waals surface area contributed by atoms with Gasteiger partial charge in [0.1, 0.15) is 6.54 Å². The molecule has 0 aliphatic rings. The summed E-state index contributed by atoms with van der Waals surface area (Å²) in [7, 11) is 3.44. The Kier molecular flexibility index (Phi) is 6.53. The first-order valence-electron chi connectivity index (χ1n) is 4.84. The Balaban J connectivity index is 4.07. The van der Waals surface area contributed by atoms with Gasteiger partial charge in [0.15, 0.2) is 5.96 Å². The lowest BCUT2D eigenvalue weighted by Gasteiger charge is -2.11. The molecule has 0 aliphatic carbocycles. The van der Waals surface area contributed by atoms with Gasteiger partial charge in [0.05, 0.1) is 0 Å². The van der Waals surface area contributed by atoms with Gasteiger partial charge >= 0.3 is 0 Å². The smallest absolute Gasteiger partial charge is 0.243 e. The highest BCUT2D eigenvalue weighted by atomic mass is 16.2. The molecule has 0 radical (unpaired) electrons. The van der Waals surface area contributed by atoms with Crippen molar-refractivity contribution in [3.05, 3.63) is 0 Å². The number of aliphatic imine (C=N–C) groups is 1. The molecule has 0 aliphatic heterocycles. The van der Waals surface area contributed by atoms with Gasteiger partial charge < -0.3 is 15.5 Å². The van der Waals surface area contributed by atoms with Crippen LogP contribution in [0.15, 0.2) is 4.99 Å². The Morgan fingerprint density at radius 2 is 1.71 bits per heavy atom. The summed E-state index contributed by atoms with van der Waals surface area (Å²) in [5.41, 5.74) is 0. The lowest BCUT2D eigenvalue weighted by molar-refractivity contribution is -0.127. The van der Waals surface area contributed by atoms with Crippen molar-refractivity contribution < 1.29 is 4.79 Å². The highest BCUT2D eigenvalue weighted by molar-refractivity contribution is 5.84. The second-order valence-electron chi connectivity index (χ2n) is 3.01. The number of hydrogen-bond acceptors (Lipinski definition) is 2. The van der Waals surface area contributed by atoms with E-state index in [1.807, 2.05) is 13.8 Å². The van der Waals surface area contributed by atoms with Crippen LogP contribution in [0.1, 0.15) is 13.8 Å². The minimum atomic E-state index is -0.00157. The van der Waals surface area contributed by atoms with E-state index in [4.69, 9.17) is 0 Å². The fourth-order valence-electron chi connectivity index (χ4n) is 0.797. The second-order valence-corrected chi connectivity index (χ2v) is 3.01. The van der Waals surface area contributed by atoms with Crippen molar-refractivity contribution in [2.45, 2.75) is 13.8 Å². The largest absolute Gasteiger partial charge is 0.357 e. The van der Waals surface area contributed by atoms with Crippen molar-refractivity contribution in [1.82, 2.24) is 15.5 Å². The zero-order valence-corrected chi connectivity index (χ0v) is 9.42. The summed E-state index contributed by atoms with van der Waals surface area (Å²) < 4.78 is 0. The molecular formula is C9H20N4O. The average molecular weight is 200 g/mol. The molecular weight excluding hydrogens is 180 g/mol. The van der Waals surface area contributed by atoms with Crippen LogP contribution in [-0.2, 0) is 4.79 Å². The van der Waals surface area contributed by atoms with Crippen LogP contribution < -0.4 is 10.6 Å². The molecule has 0 aromatic heterocycles. The van der Waals surface area contributed by atoms with E-state index < -0.39 is 0 Å². The summed E-state index contributed by atoms with van der Waals surface area (Å²) in [6.07, 6.45) is 0. The fraction of sp³-hybridized carbons (Fsp3) is 0.778. The van der Waals surface area contributed by atoms with Crippen molar-refractivity contribution in [3.63, 3.8) is 0 Å². The molecule has 1 amide bonds. The van der Waals surface area contributed by atoms with Crippen LogP contribution in [0.3, 0.4) is 0 Å². The first-order chi connectivity index (χ1) is 6.61. The minimum Gasteiger partial charge on any atom is -0.357 e. The van der Waals surface area contributed by atoms with Crippen LogP contribution in [0, 0.1) is 0 Å². The van der Waals surface area contributed by atoms with Gasteiger partial charge in [-0.2, -0.15) is 0 Å². The van der Waals surface area contributed by atoms with Gasteiger partial charge in [-0.1, -0.05) is 0 Å². The van der Waals surface area contributed by atoms with Crippen molar-refractivity contribution in [3.8, 4) is 0 Å². The summed E-state index contributed by atoms with van der Waals surface area (Å²) in [6.45, 7) is 5.74. The lowest BCUT2D eigenvalue weighted by Crippen LogP contribution is -2.38. The summed E-state index contributed by atoms with van der Waals surface area (Å²) in [4.78, 5) is 16.9. The normalized spacial score (nSPS) is 9.14. The molecule has 0 fully saturated rings. The molecule has 0 unspecified atom stereocenters. The number of guanidine groups is 1. The zero-order chi connectivity index (χ0) is 11.0. The Labute approximate surface area is 85.6 Å². The van der Waals surface area contributed by atoms with Gasteiger partial charge in [0.25, 0.3) is 0 Å². The third kappa shape index (κ3) is 5.40. The van der Waals surface area contributed by atoms with Crippen LogP contribution >= 0.6 is 0 Å². The Morgan fingerprint density at radius 1 is 1.21 bits per heavy atom. The molecule has 0 saturated carbocycles. The van der Waals surface area contributed by atoms with Gasteiger partial charge in [0.2, 0.25) is 5.91 Å². The van der Waals surface area contributed by atoms with E-state index >= 15 is 0 Å². The lowest BCUT2D eigenvalue weighted by atomic mass is 10.5. The van der Waals surface area contributed by atoms with Gasteiger partial charge in [-0.25, -0.2) is 4.99 Å². The standard InChI is InChI=1S/C9H20N4O/c1-5-10-9(11-6-2)12-7-8(14)13(3)4/h5-7H2,1-4H3,(H2,10,11,12). The van der Waals surface area contributed by atoms with Crippen molar-refractivity contribution in [1.29, 1.82) is 0 Å². The number of likely N-dealkylation sites (N-methyl/N-ethyl adjacent to an activating group) is 1. The zero-order valence-electron chi connectivity index (χ0n) is 9.42. The number of hydrogen-bond donors (Lipinski definition) is 2. The summed E-state index contributed by atoms with van der Waals surface area (Å²) in [5.74, 6) is 0.684. The fourth-order valence-corrected chi connectivity index (χ4v) is 0.797. The molecule has 0 heterocycles. The minimum absolute atomic E-state index is 0.00157. The highest BCUT2D eigenvalue weighted by Gasteiger charge is 2.02. The molecule has 14 heavy (non-hydrogen) atoms. The van der Waals surface area contributed by atoms with Crippen molar-refractivity contribution >= 4 is 11.9 Å². The first-order valence-corrected chi connectivity index (χ1v) is 4.84. The van der Waals surface area contributed by atoms with Crippen molar-refractivity contribution in [2.24, 2.45) is 4.99 Å². The van der Waals surface area contributed by atoms with E-state index in [-0.39, 0.29) is 12.5 Å². The van der Waals surface area contributed by atoms with Gasteiger partial charge in [-0.3, -0.25) is 4.79 Å². The number of nitrogens with one attached hydrogen (secondary N) is 2. The monoisotopic (exact) mass is 200 g/mol. The predicted molar refractivity (Wildman–Crippen MR) is 58.3 cm³/mol. The SMILES string of the molecule is CCNC(=NCC(=O)N(C)C)NCC. The van der Waals surface area contributed by atoms with Crippen molar-refractivity contribution in [2.75, 3.05) is 33.7 Å². The van der Waals surface area contributed by atoms with E-state index in [2.05, 4.69) is 15.6 Å². The second kappa shape index (κ2) is 7.17. The number of carbonyl (C=O) groups excluding carboxylic acids is 1. The van der Waals surface area contributed by atoms with Crippen LogP contribution in [0.25, 0.3) is 0 Å². The molecule has 0 atom stereocenters. The third-order valence-electron chi connectivity index (χ3n) is 1.56. The number of nitrogens with zero attached hydrogens (tertiary/aromatic N) is 2. The Hall–Kier alpha value is -1.26. The Bertz CT molecular complexity index is 193. The summed E-state index contributed by atoms with van der Waals surface area (Å²) >= 11 is 0. The van der Waals surface area contributed by atoms with Crippen LogP contribution in [0.5, 0.6) is 0 Å². The van der Waals surface area contributed by atoms with E-state index in [0.717, 1.165) is 13.1 Å². The molecule has 5 nitrogen and oxygen atoms in total. The number of amides is 1. The molecule has 0 aromatic rings. The Morgan fingerprint density at radius 3 is 2.07 bits per heavy atom. The number of carbonyl (C=O) groups is 1. The van der Waals surface area contributed by atoms with Gasteiger partial charge in [-0.15, -0.1) is 0 Å². The highest BCUT2D eigenvalue weighted by Crippen LogP contribution is 1.80. The molecule has 0 spiro atoms. The van der Waals surface area contributed by atoms with E-state index in [9.17, 15) is 4.79 Å². The van der Waals surface area contributed by atoms with Crippen LogP contribution in [-0.4, -0.2) is 50.5 Å². The quantitative estimate of drug-likeness (QED) is 0.482. The molecule has 2 N–H and O–H groups in total. The van der Waals surface area contributed by atoms with Crippen LogP contribution in [0.4, 0.5) is 0 Å². The average Bonchev–Trinajstić information content (AvgIpc) is 2.14. The first kappa shape index (κ1) is 12.7. The molecule has 0 bridgehead atoms. The van der Waals surface area contributed by atoms with E-state index in [0.29, 0.717) is 5.96 Å². The predicted octanol–water partition coefficient (Wildman–Crippen LogP) is -0.350. The maximum absolute atomic E-state index is 11.2. The van der Waals surface area contributed by atoms with Crippen LogP contribution in [0.2, 0.25) is 0 Å². The maximum Gasteiger partial charge on any atom is 0.243 e. The number of rotatable bonds is 4. The molecule has 0 saturated heterocycles. The topological polar surface area (TPSA) is 56.7 Å². The summed E-state index contributed by atoms with van der Waals surface area (Å²) in [6, 6.07) is 0. The van der Waals surface area contributed by atoms with E-state index in [1.54, 1.807) is 14.1 Å². The molecule has 0 rings (SSSR count). The molecule has 82 valence electrons. The van der Waals surface area contributed by atoms with Gasteiger partial charge in [0, 0.05) is 27.2 Å².